The van der Waals surface area contributed by atoms with Gasteiger partial charge in [-0.1, -0.05) is 29.8 Å². The number of nitrogens with zero attached hydrogens (tertiary/aromatic N) is 1. The van der Waals surface area contributed by atoms with E-state index in [4.69, 9.17) is 4.74 Å². The van der Waals surface area contributed by atoms with Crippen LogP contribution in [0.4, 0.5) is 5.69 Å². The zero-order chi connectivity index (χ0) is 22.0. The molecule has 0 bridgehead atoms. The Labute approximate surface area is 180 Å². The van der Waals surface area contributed by atoms with E-state index in [1.807, 2.05) is 74.5 Å². The van der Waals surface area contributed by atoms with Gasteiger partial charge in [0.25, 0.3) is 11.5 Å². The molecule has 0 aliphatic heterocycles. The highest BCUT2D eigenvalue weighted by Gasteiger charge is 2.20. The molecule has 0 aliphatic carbocycles. The number of carbonyl (C=O) groups excluding carboxylic acids is 1. The predicted molar refractivity (Wildman–Crippen MR) is 124 cm³/mol. The van der Waals surface area contributed by atoms with Crippen LogP contribution in [0.5, 0.6) is 5.75 Å². The number of aromatic amines is 1. The molecule has 4 aromatic rings. The third-order valence-corrected chi connectivity index (χ3v) is 5.33. The molecule has 1 heterocycles. The second-order valence-electron chi connectivity index (χ2n) is 7.67. The van der Waals surface area contributed by atoms with E-state index in [0.717, 1.165) is 22.0 Å². The Morgan fingerprint density at radius 1 is 0.903 bits per heavy atom. The van der Waals surface area contributed by atoms with Crippen molar-refractivity contribution in [3.63, 3.8) is 0 Å². The Morgan fingerprint density at radius 2 is 1.58 bits per heavy atom. The van der Waals surface area contributed by atoms with Crippen LogP contribution in [-0.2, 0) is 6.54 Å². The molecule has 3 aromatic carbocycles. The maximum atomic E-state index is 13.4. The standard InChI is InChI=1S/C26H24N2O3/c1-17-4-7-19(8-5-17)26(30)28(22-10-12-23(31-3)13-11-22)16-21-15-20-9-6-18(2)14-24(20)27-25(21)29/h4-15H,16H2,1-3H3,(H,27,29). The lowest BCUT2D eigenvalue weighted by Gasteiger charge is -2.23. The van der Waals surface area contributed by atoms with Crippen molar-refractivity contribution in [1.82, 2.24) is 4.98 Å². The molecule has 0 spiro atoms. The molecule has 156 valence electrons. The molecule has 0 saturated heterocycles. The summed E-state index contributed by atoms with van der Waals surface area (Å²) in [5.74, 6) is 0.527. The maximum absolute atomic E-state index is 13.4. The minimum absolute atomic E-state index is 0.151. The normalized spacial score (nSPS) is 10.8. The highest BCUT2D eigenvalue weighted by Crippen LogP contribution is 2.24. The SMILES string of the molecule is COc1ccc(N(Cc2cc3ccc(C)cc3[nH]c2=O)C(=O)c2ccc(C)cc2)cc1. The van der Waals surface area contributed by atoms with Crippen molar-refractivity contribution >= 4 is 22.5 Å². The number of rotatable bonds is 5. The number of carbonyl (C=O) groups is 1. The van der Waals surface area contributed by atoms with Gasteiger partial charge in [-0.05, 0) is 73.3 Å². The number of aryl methyl sites for hydroxylation is 2. The smallest absolute Gasteiger partial charge is 0.258 e. The van der Waals surface area contributed by atoms with E-state index in [2.05, 4.69) is 4.98 Å². The lowest BCUT2D eigenvalue weighted by molar-refractivity contribution is 0.0985. The van der Waals surface area contributed by atoms with Crippen LogP contribution in [0.3, 0.4) is 0 Å². The van der Waals surface area contributed by atoms with Gasteiger partial charge < -0.3 is 14.6 Å². The van der Waals surface area contributed by atoms with Gasteiger partial charge >= 0.3 is 0 Å². The Bertz CT molecular complexity index is 1290. The minimum atomic E-state index is -0.201. The number of H-pyrrole nitrogens is 1. The molecule has 0 radical (unpaired) electrons. The summed E-state index contributed by atoms with van der Waals surface area (Å²) in [6.45, 7) is 4.11. The van der Waals surface area contributed by atoms with Crippen molar-refractivity contribution in [3.05, 3.63) is 105 Å². The summed E-state index contributed by atoms with van der Waals surface area (Å²) in [4.78, 5) is 30.8. The number of benzene rings is 3. The van der Waals surface area contributed by atoms with Crippen LogP contribution >= 0.6 is 0 Å². The molecule has 0 atom stereocenters. The molecule has 4 rings (SSSR count). The molecule has 0 saturated carbocycles. The number of hydrogen-bond acceptors (Lipinski definition) is 3. The summed E-state index contributed by atoms with van der Waals surface area (Å²) in [5, 5.41) is 0.928. The van der Waals surface area contributed by atoms with Gasteiger partial charge in [0.1, 0.15) is 5.75 Å². The van der Waals surface area contributed by atoms with E-state index >= 15 is 0 Å². The number of fused-ring (bicyclic) bond motifs is 1. The summed E-state index contributed by atoms with van der Waals surface area (Å²) in [7, 11) is 1.60. The van der Waals surface area contributed by atoms with Crippen molar-refractivity contribution in [2.75, 3.05) is 12.0 Å². The largest absolute Gasteiger partial charge is 0.497 e. The lowest BCUT2D eigenvalue weighted by Crippen LogP contribution is -2.32. The van der Waals surface area contributed by atoms with Crippen LogP contribution in [0.1, 0.15) is 27.0 Å². The van der Waals surface area contributed by atoms with Crippen molar-refractivity contribution < 1.29 is 9.53 Å². The summed E-state index contributed by atoms with van der Waals surface area (Å²) < 4.78 is 5.24. The van der Waals surface area contributed by atoms with Crippen LogP contribution in [0.15, 0.2) is 77.6 Å². The molecular weight excluding hydrogens is 388 g/mol. The highest BCUT2D eigenvalue weighted by atomic mass is 16.5. The van der Waals surface area contributed by atoms with Crippen molar-refractivity contribution in [2.45, 2.75) is 20.4 Å². The third kappa shape index (κ3) is 4.36. The number of ether oxygens (including phenoxy) is 1. The molecule has 5 heteroatoms. The average Bonchev–Trinajstić information content (AvgIpc) is 2.78. The van der Waals surface area contributed by atoms with Gasteiger partial charge in [0.15, 0.2) is 0 Å². The van der Waals surface area contributed by atoms with Crippen molar-refractivity contribution in [3.8, 4) is 5.75 Å². The quantitative estimate of drug-likeness (QED) is 0.502. The van der Waals surface area contributed by atoms with Gasteiger partial charge in [-0.15, -0.1) is 0 Å². The van der Waals surface area contributed by atoms with Crippen LogP contribution in [0.2, 0.25) is 0 Å². The first-order chi connectivity index (χ1) is 14.9. The monoisotopic (exact) mass is 412 g/mol. The second-order valence-corrected chi connectivity index (χ2v) is 7.67. The summed E-state index contributed by atoms with van der Waals surface area (Å²) in [6, 6.07) is 22.5. The van der Waals surface area contributed by atoms with E-state index in [1.54, 1.807) is 24.1 Å². The Hall–Kier alpha value is -3.86. The molecule has 5 nitrogen and oxygen atoms in total. The fourth-order valence-electron chi connectivity index (χ4n) is 3.54. The maximum Gasteiger partial charge on any atom is 0.258 e. The van der Waals surface area contributed by atoms with Gasteiger partial charge in [0, 0.05) is 22.3 Å². The van der Waals surface area contributed by atoms with Gasteiger partial charge in [0.05, 0.1) is 13.7 Å². The first-order valence-electron chi connectivity index (χ1n) is 10.1. The van der Waals surface area contributed by atoms with Crippen LogP contribution in [0, 0.1) is 13.8 Å². The molecule has 0 fully saturated rings. The van der Waals surface area contributed by atoms with Crippen molar-refractivity contribution in [2.24, 2.45) is 0 Å². The minimum Gasteiger partial charge on any atom is -0.497 e. The predicted octanol–water partition coefficient (Wildman–Crippen LogP) is 5.00. The molecule has 1 aromatic heterocycles. The third-order valence-electron chi connectivity index (χ3n) is 5.33. The number of aromatic nitrogens is 1. The number of methoxy groups -OCH3 is 1. The Balaban J connectivity index is 1.76. The first kappa shape index (κ1) is 20.4. The second kappa shape index (κ2) is 8.48. The number of hydrogen-bond donors (Lipinski definition) is 1. The molecule has 1 N–H and O–H groups in total. The van der Waals surface area contributed by atoms with Gasteiger partial charge in [-0.3, -0.25) is 9.59 Å². The zero-order valence-corrected chi connectivity index (χ0v) is 17.8. The number of anilines is 1. The molecule has 0 unspecified atom stereocenters. The first-order valence-corrected chi connectivity index (χ1v) is 10.1. The fourth-order valence-corrected chi connectivity index (χ4v) is 3.54. The van der Waals surface area contributed by atoms with E-state index in [1.165, 1.54) is 0 Å². The summed E-state index contributed by atoms with van der Waals surface area (Å²) in [5.41, 5.74) is 4.51. The number of pyridine rings is 1. The fraction of sp³-hybridized carbons (Fsp3) is 0.154. The van der Waals surface area contributed by atoms with Crippen molar-refractivity contribution in [1.29, 1.82) is 0 Å². The van der Waals surface area contributed by atoms with Gasteiger partial charge in [-0.25, -0.2) is 0 Å². The summed E-state index contributed by atoms with van der Waals surface area (Å²) >= 11 is 0. The lowest BCUT2D eigenvalue weighted by atomic mass is 10.1. The van der Waals surface area contributed by atoms with E-state index in [0.29, 0.717) is 22.6 Å². The van der Waals surface area contributed by atoms with Crippen LogP contribution in [0.25, 0.3) is 10.9 Å². The van der Waals surface area contributed by atoms with Crippen LogP contribution in [-0.4, -0.2) is 18.0 Å². The Morgan fingerprint density at radius 3 is 2.26 bits per heavy atom. The Kier molecular flexibility index (Phi) is 5.58. The number of nitrogens with one attached hydrogen (secondary N) is 1. The summed E-state index contributed by atoms with van der Waals surface area (Å²) in [6.07, 6.45) is 0. The average molecular weight is 412 g/mol. The number of amides is 1. The van der Waals surface area contributed by atoms with Gasteiger partial charge in [-0.2, -0.15) is 0 Å². The zero-order valence-electron chi connectivity index (χ0n) is 17.8. The highest BCUT2D eigenvalue weighted by molar-refractivity contribution is 6.06. The van der Waals surface area contributed by atoms with E-state index in [-0.39, 0.29) is 18.0 Å². The topological polar surface area (TPSA) is 62.4 Å². The van der Waals surface area contributed by atoms with Crippen LogP contribution < -0.4 is 15.2 Å². The molecule has 31 heavy (non-hydrogen) atoms. The van der Waals surface area contributed by atoms with E-state index in [9.17, 15) is 9.59 Å². The molecule has 1 amide bonds. The molecule has 0 aliphatic rings. The van der Waals surface area contributed by atoms with E-state index < -0.39 is 0 Å². The molecular formula is C26H24N2O3. The van der Waals surface area contributed by atoms with Gasteiger partial charge in [0.2, 0.25) is 0 Å².